The van der Waals surface area contributed by atoms with Crippen LogP contribution < -0.4 is 14.2 Å². The predicted octanol–water partition coefficient (Wildman–Crippen LogP) is 6.78. The van der Waals surface area contributed by atoms with Crippen LogP contribution in [0.1, 0.15) is 23.6 Å². The predicted molar refractivity (Wildman–Crippen MR) is 149 cm³/mol. The van der Waals surface area contributed by atoms with Crippen LogP contribution in [0.5, 0.6) is 23.1 Å². The molecule has 0 amide bonds. The lowest BCUT2D eigenvalue weighted by molar-refractivity contribution is -0.151. The number of hydrogen-bond donors (Lipinski definition) is 1. The van der Waals surface area contributed by atoms with E-state index < -0.39 is 41.3 Å². The Kier molecular flexibility index (Phi) is 8.77. The van der Waals surface area contributed by atoms with E-state index in [2.05, 4.69) is 9.97 Å². The second kappa shape index (κ2) is 13.0. The van der Waals surface area contributed by atoms with E-state index in [0.717, 1.165) is 16.5 Å². The number of carbonyl (C=O) groups is 1. The van der Waals surface area contributed by atoms with Gasteiger partial charge in [0.2, 0.25) is 17.4 Å². The number of fused-ring (bicyclic) bond motifs is 1. The highest BCUT2D eigenvalue weighted by Crippen LogP contribution is 2.37. The van der Waals surface area contributed by atoms with Gasteiger partial charge in [0.05, 0.1) is 18.2 Å². The number of nitrogens with zero attached hydrogens (tertiary/aromatic N) is 2. The Hall–Kier alpha value is -5.50. The van der Waals surface area contributed by atoms with E-state index in [1.165, 1.54) is 18.2 Å². The highest BCUT2D eigenvalue weighted by atomic mass is 19.2. The van der Waals surface area contributed by atoms with Gasteiger partial charge in [-0.1, -0.05) is 48.5 Å². The quantitative estimate of drug-likeness (QED) is 0.134. The molecular formula is C32H24F3N3O5. The van der Waals surface area contributed by atoms with Crippen molar-refractivity contribution >= 4 is 16.9 Å². The van der Waals surface area contributed by atoms with E-state index in [0.29, 0.717) is 5.56 Å². The van der Waals surface area contributed by atoms with Crippen molar-refractivity contribution in [1.82, 2.24) is 9.97 Å². The molecule has 1 atom stereocenters. The molecule has 0 aliphatic rings. The molecule has 1 unspecified atom stereocenters. The maximum Gasteiger partial charge on any atom is 0.347 e. The number of pyridine rings is 1. The Labute approximate surface area is 244 Å². The molecule has 0 saturated carbocycles. The van der Waals surface area contributed by atoms with Crippen molar-refractivity contribution in [1.29, 1.82) is 5.26 Å². The van der Waals surface area contributed by atoms with Gasteiger partial charge in [0.25, 0.3) is 11.8 Å². The van der Waals surface area contributed by atoms with Crippen LogP contribution >= 0.6 is 0 Å². The first kappa shape index (κ1) is 29.0. The average Bonchev–Trinajstić information content (AvgIpc) is 3.43. The largest absolute Gasteiger partial charge is 0.485 e. The zero-order chi connectivity index (χ0) is 30.3. The van der Waals surface area contributed by atoms with Crippen LogP contribution in [0.15, 0.2) is 79.0 Å². The van der Waals surface area contributed by atoms with E-state index in [9.17, 15) is 18.8 Å². The second-order valence-corrected chi connectivity index (χ2v) is 9.24. The number of ether oxygens (including phenoxy) is 4. The molecule has 0 fully saturated rings. The van der Waals surface area contributed by atoms with Crippen LogP contribution in [0.3, 0.4) is 0 Å². The molecule has 1 N–H and O–H groups in total. The van der Waals surface area contributed by atoms with Crippen LogP contribution in [0.2, 0.25) is 0 Å². The summed E-state index contributed by atoms with van der Waals surface area (Å²) in [6.07, 6.45) is -0.0679. The number of esters is 1. The van der Waals surface area contributed by atoms with Crippen molar-refractivity contribution in [2.75, 3.05) is 6.61 Å². The van der Waals surface area contributed by atoms with Gasteiger partial charge in [0, 0.05) is 29.6 Å². The second-order valence-electron chi connectivity index (χ2n) is 9.24. The van der Waals surface area contributed by atoms with Crippen LogP contribution in [-0.4, -0.2) is 28.6 Å². The Balaban J connectivity index is 1.47. The average molecular weight is 588 g/mol. The van der Waals surface area contributed by atoms with Gasteiger partial charge < -0.3 is 23.9 Å². The molecule has 5 aromatic rings. The van der Waals surface area contributed by atoms with Gasteiger partial charge in [0.15, 0.2) is 17.6 Å². The minimum atomic E-state index is -1.76. The third kappa shape index (κ3) is 6.54. The lowest BCUT2D eigenvalue weighted by atomic mass is 10.1. The highest BCUT2D eigenvalue weighted by molar-refractivity contribution is 5.84. The number of para-hydroxylation sites is 1. The first-order chi connectivity index (χ1) is 20.9. The van der Waals surface area contributed by atoms with Gasteiger partial charge in [-0.25, -0.2) is 4.79 Å². The van der Waals surface area contributed by atoms with Gasteiger partial charge >= 0.3 is 5.97 Å². The lowest BCUT2D eigenvalue weighted by Crippen LogP contribution is -2.32. The Morgan fingerprint density at radius 2 is 1.77 bits per heavy atom. The molecule has 2 aromatic heterocycles. The summed E-state index contributed by atoms with van der Waals surface area (Å²) < 4.78 is 67.2. The number of aromatic amines is 1. The molecule has 0 radical (unpaired) electrons. The molecule has 0 spiro atoms. The molecule has 0 aliphatic carbocycles. The summed E-state index contributed by atoms with van der Waals surface area (Å²) in [6, 6.07) is 22.4. The van der Waals surface area contributed by atoms with Crippen LogP contribution in [0, 0.1) is 28.9 Å². The summed E-state index contributed by atoms with van der Waals surface area (Å²) in [4.78, 5) is 19.1. The first-order valence-corrected chi connectivity index (χ1v) is 13.2. The van der Waals surface area contributed by atoms with Gasteiger partial charge in [-0.2, -0.15) is 23.4 Å². The van der Waals surface area contributed by atoms with Crippen molar-refractivity contribution in [3.05, 3.63) is 113 Å². The summed E-state index contributed by atoms with van der Waals surface area (Å²) in [5.41, 5.74) is 2.32. The Bertz CT molecular complexity index is 1800. The topological polar surface area (TPSA) is 106 Å². The zero-order valence-electron chi connectivity index (χ0n) is 22.8. The van der Waals surface area contributed by atoms with Crippen LogP contribution in [-0.2, 0) is 22.6 Å². The fourth-order valence-corrected chi connectivity index (χ4v) is 4.31. The summed E-state index contributed by atoms with van der Waals surface area (Å²) in [7, 11) is 0. The van der Waals surface area contributed by atoms with E-state index in [4.69, 9.17) is 18.9 Å². The van der Waals surface area contributed by atoms with Crippen molar-refractivity contribution in [3.8, 4) is 29.2 Å². The molecule has 0 bridgehead atoms. The van der Waals surface area contributed by atoms with Gasteiger partial charge in [-0.3, -0.25) is 0 Å². The van der Waals surface area contributed by atoms with Crippen molar-refractivity contribution in [2.24, 2.45) is 0 Å². The number of aromatic nitrogens is 2. The maximum atomic E-state index is 15.7. The van der Waals surface area contributed by atoms with Crippen LogP contribution in [0.25, 0.3) is 10.9 Å². The molecule has 8 nitrogen and oxygen atoms in total. The minimum absolute atomic E-state index is 0.0302. The Morgan fingerprint density at radius 3 is 2.53 bits per heavy atom. The molecular weight excluding hydrogens is 563 g/mol. The maximum absolute atomic E-state index is 15.7. The molecule has 0 aliphatic heterocycles. The van der Waals surface area contributed by atoms with Gasteiger partial charge in [0.1, 0.15) is 6.61 Å². The van der Waals surface area contributed by atoms with E-state index in [1.807, 2.05) is 48.5 Å². The number of rotatable bonds is 11. The van der Waals surface area contributed by atoms with Crippen molar-refractivity contribution in [3.63, 3.8) is 0 Å². The highest BCUT2D eigenvalue weighted by Gasteiger charge is 2.31. The fraction of sp³-hybridized carbons (Fsp3) is 0.156. The monoisotopic (exact) mass is 587 g/mol. The number of H-pyrrole nitrogens is 1. The third-order valence-electron chi connectivity index (χ3n) is 6.37. The molecule has 5 rings (SSSR count). The van der Waals surface area contributed by atoms with E-state index in [1.54, 1.807) is 25.3 Å². The van der Waals surface area contributed by atoms with Crippen molar-refractivity contribution in [2.45, 2.75) is 26.1 Å². The van der Waals surface area contributed by atoms with E-state index in [-0.39, 0.29) is 36.7 Å². The lowest BCUT2D eigenvalue weighted by Gasteiger charge is -2.19. The number of benzene rings is 3. The summed E-state index contributed by atoms with van der Waals surface area (Å²) >= 11 is 0. The Morgan fingerprint density at radius 1 is 1.00 bits per heavy atom. The standard InChI is InChI=1S/C32H24F3N3O5/c1-2-40-32(39)26(15-21-17-37-23-11-7-6-10-22(21)23)42-29-27(33)30(35)38-31(28(29)34)43-25-14-20(16-36)12-13-24(25)41-18-19-8-4-3-5-9-19/h3-14,17,26,37H,2,15,18H2,1H3. The van der Waals surface area contributed by atoms with Gasteiger partial charge in [-0.15, -0.1) is 0 Å². The smallest absolute Gasteiger partial charge is 0.347 e. The summed E-state index contributed by atoms with van der Waals surface area (Å²) in [5, 5.41) is 10.1. The number of halogens is 3. The third-order valence-corrected chi connectivity index (χ3v) is 6.37. The summed E-state index contributed by atoms with van der Waals surface area (Å²) in [6.45, 7) is 1.63. The number of hydrogen-bond acceptors (Lipinski definition) is 7. The molecule has 218 valence electrons. The molecule has 43 heavy (non-hydrogen) atoms. The number of carbonyl (C=O) groups excluding carboxylic acids is 1. The molecule has 0 saturated heterocycles. The number of nitrogens with one attached hydrogen (secondary N) is 1. The minimum Gasteiger partial charge on any atom is -0.485 e. The fourth-order valence-electron chi connectivity index (χ4n) is 4.31. The molecule has 3 aromatic carbocycles. The number of nitriles is 1. The summed E-state index contributed by atoms with van der Waals surface area (Å²) in [5.74, 6) is -8.23. The zero-order valence-corrected chi connectivity index (χ0v) is 22.8. The molecule has 11 heteroatoms. The van der Waals surface area contributed by atoms with Crippen LogP contribution in [0.4, 0.5) is 13.2 Å². The van der Waals surface area contributed by atoms with Crippen molar-refractivity contribution < 1.29 is 36.9 Å². The SMILES string of the molecule is CCOC(=O)C(Cc1c[nH]c2ccccc12)Oc1c(F)c(F)nc(Oc2cc(C#N)ccc2OCc2ccccc2)c1F. The van der Waals surface area contributed by atoms with E-state index >= 15 is 4.39 Å². The molecule has 2 heterocycles. The van der Waals surface area contributed by atoms with Gasteiger partial charge in [-0.05, 0) is 36.2 Å². The normalized spacial score (nSPS) is 11.5. The first-order valence-electron chi connectivity index (χ1n) is 13.2.